The maximum Gasteiger partial charge on any atom is 0.433 e. The molecule has 3 aliphatic rings. The van der Waals surface area contributed by atoms with Crippen LogP contribution in [0.3, 0.4) is 0 Å². The molecule has 0 amide bonds. The summed E-state index contributed by atoms with van der Waals surface area (Å²) in [5.41, 5.74) is -0.656. The van der Waals surface area contributed by atoms with Crippen molar-refractivity contribution in [3.05, 3.63) is 36.0 Å². The van der Waals surface area contributed by atoms with Crippen LogP contribution < -0.4 is 9.80 Å². The Labute approximate surface area is 140 Å². The standard InChI is InChI=1S/C15H12F3N7/c16-15(17,18)12-4-13(22-8-21-12)24-6-10-3-11(7-24)25(10)14-20-2-1-9(5-19)23-14/h1-2,4,8,10-11H,3,6-7H2. The molecule has 3 fully saturated rings. The third-order valence-electron chi connectivity index (χ3n) is 4.45. The highest BCUT2D eigenvalue weighted by Crippen LogP contribution is 2.37. The van der Waals surface area contributed by atoms with Gasteiger partial charge in [0.25, 0.3) is 0 Å². The van der Waals surface area contributed by atoms with Crippen molar-refractivity contribution in [2.24, 2.45) is 0 Å². The molecule has 2 bridgehead atoms. The summed E-state index contributed by atoms with van der Waals surface area (Å²) in [4.78, 5) is 19.5. The van der Waals surface area contributed by atoms with E-state index in [1.54, 1.807) is 0 Å². The Morgan fingerprint density at radius 2 is 1.92 bits per heavy atom. The average molecular weight is 347 g/mol. The molecule has 3 saturated heterocycles. The van der Waals surface area contributed by atoms with Crippen molar-refractivity contribution >= 4 is 11.8 Å². The predicted molar refractivity (Wildman–Crippen MR) is 80.7 cm³/mol. The number of anilines is 2. The summed E-state index contributed by atoms with van der Waals surface area (Å²) < 4.78 is 38.4. The second kappa shape index (κ2) is 5.54. The molecule has 2 aromatic rings. The van der Waals surface area contributed by atoms with E-state index in [4.69, 9.17) is 5.26 Å². The first-order valence-electron chi connectivity index (χ1n) is 7.61. The van der Waals surface area contributed by atoms with Gasteiger partial charge in [-0.15, -0.1) is 0 Å². The molecule has 5 heterocycles. The van der Waals surface area contributed by atoms with Crippen LogP contribution in [-0.4, -0.2) is 45.1 Å². The number of aromatic nitrogens is 4. The molecule has 0 N–H and O–H groups in total. The molecule has 128 valence electrons. The van der Waals surface area contributed by atoms with Gasteiger partial charge in [-0.05, 0) is 12.5 Å². The third-order valence-corrected chi connectivity index (χ3v) is 4.45. The van der Waals surface area contributed by atoms with Gasteiger partial charge < -0.3 is 9.80 Å². The molecule has 25 heavy (non-hydrogen) atoms. The van der Waals surface area contributed by atoms with E-state index in [1.165, 1.54) is 12.3 Å². The quantitative estimate of drug-likeness (QED) is 0.816. The highest BCUT2D eigenvalue weighted by molar-refractivity contribution is 5.50. The van der Waals surface area contributed by atoms with E-state index < -0.39 is 11.9 Å². The summed E-state index contributed by atoms with van der Waals surface area (Å²) in [5, 5.41) is 8.95. The van der Waals surface area contributed by atoms with Crippen molar-refractivity contribution in [2.45, 2.75) is 24.7 Å². The van der Waals surface area contributed by atoms with Gasteiger partial charge >= 0.3 is 6.18 Å². The Hall–Kier alpha value is -2.96. The van der Waals surface area contributed by atoms with Gasteiger partial charge in [0.2, 0.25) is 5.95 Å². The summed E-state index contributed by atoms with van der Waals surface area (Å²) in [6, 6.07) is 4.65. The van der Waals surface area contributed by atoms with Gasteiger partial charge in [0, 0.05) is 25.4 Å². The smallest absolute Gasteiger partial charge is 0.352 e. The molecule has 2 unspecified atom stereocenters. The zero-order chi connectivity index (χ0) is 17.6. The number of piperazine rings is 1. The lowest BCUT2D eigenvalue weighted by Crippen LogP contribution is -2.69. The minimum absolute atomic E-state index is 0.0806. The minimum atomic E-state index is -4.49. The fourth-order valence-corrected chi connectivity index (χ4v) is 3.33. The topological polar surface area (TPSA) is 81.8 Å². The molecule has 3 aliphatic heterocycles. The molecule has 7 nitrogen and oxygen atoms in total. The second-order valence-electron chi connectivity index (χ2n) is 5.97. The Morgan fingerprint density at radius 3 is 2.60 bits per heavy atom. The van der Waals surface area contributed by atoms with Crippen LogP contribution in [0.25, 0.3) is 0 Å². The van der Waals surface area contributed by atoms with Crippen LogP contribution in [0.15, 0.2) is 24.7 Å². The fraction of sp³-hybridized carbons (Fsp3) is 0.400. The average Bonchev–Trinajstić information content (AvgIpc) is 2.61. The van der Waals surface area contributed by atoms with Crippen molar-refractivity contribution in [1.29, 1.82) is 5.26 Å². The molecule has 5 rings (SSSR count). The summed E-state index contributed by atoms with van der Waals surface area (Å²) >= 11 is 0. The molecular formula is C15H12F3N7. The molecule has 0 saturated carbocycles. The summed E-state index contributed by atoms with van der Waals surface area (Å²) in [5.74, 6) is 0.752. The zero-order valence-corrected chi connectivity index (χ0v) is 12.8. The van der Waals surface area contributed by atoms with E-state index >= 15 is 0 Å². The Morgan fingerprint density at radius 1 is 1.16 bits per heavy atom. The van der Waals surface area contributed by atoms with E-state index in [1.807, 2.05) is 15.9 Å². The molecule has 2 atom stereocenters. The normalized spacial score (nSPS) is 22.3. The van der Waals surface area contributed by atoms with Crippen LogP contribution >= 0.6 is 0 Å². The minimum Gasteiger partial charge on any atom is -0.352 e. The SMILES string of the molecule is N#Cc1ccnc(N2C3CC2CN(c2cc(C(F)(F)F)ncn2)C3)n1. The van der Waals surface area contributed by atoms with Crippen molar-refractivity contribution in [1.82, 2.24) is 19.9 Å². The van der Waals surface area contributed by atoms with E-state index in [-0.39, 0.29) is 23.6 Å². The number of hydrogen-bond acceptors (Lipinski definition) is 7. The van der Waals surface area contributed by atoms with Crippen LogP contribution in [0, 0.1) is 11.3 Å². The lowest BCUT2D eigenvalue weighted by molar-refractivity contribution is -0.141. The van der Waals surface area contributed by atoms with Crippen LogP contribution in [0.2, 0.25) is 0 Å². The van der Waals surface area contributed by atoms with E-state index in [9.17, 15) is 13.2 Å². The molecule has 0 radical (unpaired) electrons. The number of nitriles is 1. The zero-order valence-electron chi connectivity index (χ0n) is 12.8. The first-order chi connectivity index (χ1) is 12.0. The van der Waals surface area contributed by atoms with Gasteiger partial charge in [-0.3, -0.25) is 0 Å². The van der Waals surface area contributed by atoms with Gasteiger partial charge in [0.15, 0.2) is 0 Å². The first-order valence-corrected chi connectivity index (χ1v) is 7.61. The maximum absolute atomic E-state index is 12.8. The van der Waals surface area contributed by atoms with E-state index in [0.717, 1.165) is 18.8 Å². The molecule has 0 aromatic carbocycles. The lowest BCUT2D eigenvalue weighted by atomic mass is 9.88. The van der Waals surface area contributed by atoms with Gasteiger partial charge in [0.1, 0.15) is 29.6 Å². The van der Waals surface area contributed by atoms with Crippen molar-refractivity contribution in [3.8, 4) is 6.07 Å². The van der Waals surface area contributed by atoms with E-state index in [0.29, 0.717) is 19.0 Å². The largest absolute Gasteiger partial charge is 0.433 e. The van der Waals surface area contributed by atoms with Gasteiger partial charge in [0.05, 0.1) is 12.1 Å². The van der Waals surface area contributed by atoms with Crippen LogP contribution in [0.4, 0.5) is 24.9 Å². The van der Waals surface area contributed by atoms with Gasteiger partial charge in [-0.1, -0.05) is 0 Å². The Bertz CT molecular complexity index is 836. The molecule has 2 aromatic heterocycles. The number of halogens is 3. The predicted octanol–water partition coefficient (Wildman–Crippen LogP) is 1.62. The van der Waals surface area contributed by atoms with Crippen LogP contribution in [0.5, 0.6) is 0 Å². The summed E-state index contributed by atoms with van der Waals surface area (Å²) in [7, 11) is 0. The van der Waals surface area contributed by atoms with Crippen molar-refractivity contribution in [3.63, 3.8) is 0 Å². The van der Waals surface area contributed by atoms with Crippen LogP contribution in [0.1, 0.15) is 17.8 Å². The molecular weight excluding hydrogens is 335 g/mol. The lowest BCUT2D eigenvalue weighted by Gasteiger charge is -2.56. The van der Waals surface area contributed by atoms with Gasteiger partial charge in [-0.2, -0.15) is 18.4 Å². The number of piperidine rings is 1. The number of alkyl halides is 3. The van der Waals surface area contributed by atoms with Crippen LogP contribution in [-0.2, 0) is 6.18 Å². The second-order valence-corrected chi connectivity index (χ2v) is 5.97. The number of hydrogen-bond donors (Lipinski definition) is 0. The van der Waals surface area contributed by atoms with E-state index in [2.05, 4.69) is 19.9 Å². The molecule has 0 aliphatic carbocycles. The fourth-order valence-electron chi connectivity index (χ4n) is 3.33. The summed E-state index contributed by atoms with van der Waals surface area (Å²) in [6.07, 6.45) is -1.11. The number of nitrogens with zero attached hydrogens (tertiary/aromatic N) is 7. The monoisotopic (exact) mass is 347 g/mol. The number of rotatable bonds is 2. The van der Waals surface area contributed by atoms with Gasteiger partial charge in [-0.25, -0.2) is 19.9 Å². The van der Waals surface area contributed by atoms with Crippen molar-refractivity contribution in [2.75, 3.05) is 22.9 Å². The number of fused-ring (bicyclic) bond motifs is 2. The molecule has 10 heteroatoms. The first kappa shape index (κ1) is 15.6. The maximum atomic E-state index is 12.8. The Kier molecular flexibility index (Phi) is 3.45. The highest BCUT2D eigenvalue weighted by atomic mass is 19.4. The summed E-state index contributed by atoms with van der Waals surface area (Å²) in [6.45, 7) is 1.04. The van der Waals surface area contributed by atoms with Crippen molar-refractivity contribution < 1.29 is 13.2 Å². The Balaban J connectivity index is 1.53. The highest BCUT2D eigenvalue weighted by Gasteiger charge is 2.46. The molecule has 0 spiro atoms. The third kappa shape index (κ3) is 2.71.